The highest BCUT2D eigenvalue weighted by molar-refractivity contribution is 7.14. The number of aromatic nitrogens is 1. The molecule has 0 aliphatic rings. The van der Waals surface area contributed by atoms with Gasteiger partial charge in [-0.3, -0.25) is 4.79 Å². The third-order valence-electron chi connectivity index (χ3n) is 2.95. The summed E-state index contributed by atoms with van der Waals surface area (Å²) in [4.78, 5) is 19.3. The van der Waals surface area contributed by atoms with Gasteiger partial charge in [0.25, 0.3) is 5.91 Å². The van der Waals surface area contributed by atoms with Gasteiger partial charge in [0, 0.05) is 4.88 Å². The number of carbonyl (C=O) groups is 1. The number of amides is 1. The number of rotatable bonds is 5. The van der Waals surface area contributed by atoms with E-state index in [4.69, 9.17) is 4.42 Å². The molecule has 0 saturated heterocycles. The van der Waals surface area contributed by atoms with E-state index in [2.05, 4.69) is 17.2 Å². The molecule has 0 aliphatic carbocycles. The highest BCUT2D eigenvalue weighted by Gasteiger charge is 2.11. The molecular weight excluding hydrogens is 304 g/mol. The molecule has 3 rings (SSSR count). The summed E-state index contributed by atoms with van der Waals surface area (Å²) >= 11 is 3.10. The second kappa shape index (κ2) is 6.24. The predicted octanol–water partition coefficient (Wildman–Crippen LogP) is 3.96. The average Bonchev–Trinajstić information content (AvgIpc) is 3.24. The van der Waals surface area contributed by atoms with E-state index < -0.39 is 0 Å². The van der Waals surface area contributed by atoms with Crippen molar-refractivity contribution in [2.45, 2.75) is 19.9 Å². The summed E-state index contributed by atoms with van der Waals surface area (Å²) in [5.41, 5.74) is 0.721. The summed E-state index contributed by atoms with van der Waals surface area (Å²) in [6.45, 7) is 2.45. The van der Waals surface area contributed by atoms with Crippen LogP contribution in [0.4, 0.5) is 0 Å². The Hall–Kier alpha value is -1.92. The number of hydrogen-bond acceptors (Lipinski definition) is 5. The van der Waals surface area contributed by atoms with E-state index in [0.717, 1.165) is 21.9 Å². The number of nitrogens with one attached hydrogen (secondary N) is 1. The van der Waals surface area contributed by atoms with Crippen molar-refractivity contribution in [3.05, 3.63) is 51.4 Å². The minimum atomic E-state index is -0.0691. The first-order valence-corrected chi connectivity index (χ1v) is 8.31. The van der Waals surface area contributed by atoms with E-state index in [-0.39, 0.29) is 5.91 Å². The van der Waals surface area contributed by atoms with Crippen LogP contribution in [-0.4, -0.2) is 10.9 Å². The number of aryl methyl sites for hydroxylation is 1. The Kier molecular flexibility index (Phi) is 4.17. The van der Waals surface area contributed by atoms with Crippen molar-refractivity contribution in [3.63, 3.8) is 0 Å². The van der Waals surface area contributed by atoms with E-state index >= 15 is 0 Å². The molecule has 1 amide bonds. The SMILES string of the molecule is CCc1ccc(C(=O)NCc2coc(-c3cccs3)n2)s1. The van der Waals surface area contributed by atoms with E-state index in [0.29, 0.717) is 12.4 Å². The van der Waals surface area contributed by atoms with Gasteiger partial charge in [0.1, 0.15) is 6.26 Å². The van der Waals surface area contributed by atoms with Gasteiger partial charge in [0.15, 0.2) is 0 Å². The topological polar surface area (TPSA) is 55.1 Å². The Morgan fingerprint density at radius 3 is 3.00 bits per heavy atom. The second-order valence-corrected chi connectivity index (χ2v) is 6.54. The summed E-state index contributed by atoms with van der Waals surface area (Å²) in [5.74, 6) is 0.527. The zero-order valence-corrected chi connectivity index (χ0v) is 13.1. The number of nitrogens with zero attached hydrogens (tertiary/aromatic N) is 1. The summed E-state index contributed by atoms with van der Waals surface area (Å²) in [6, 6.07) is 7.76. The van der Waals surface area contributed by atoms with Crippen LogP contribution in [0, 0.1) is 0 Å². The lowest BCUT2D eigenvalue weighted by Gasteiger charge is -1.99. The van der Waals surface area contributed by atoms with Crippen molar-refractivity contribution < 1.29 is 9.21 Å². The van der Waals surface area contributed by atoms with Crippen molar-refractivity contribution >= 4 is 28.6 Å². The molecule has 108 valence electrons. The van der Waals surface area contributed by atoms with Gasteiger partial charge in [-0.2, -0.15) is 0 Å². The Labute approximate surface area is 130 Å². The molecule has 0 bridgehead atoms. The fourth-order valence-electron chi connectivity index (χ4n) is 1.85. The first-order valence-electron chi connectivity index (χ1n) is 6.61. The standard InChI is InChI=1S/C15H14N2O2S2/c1-2-11-5-6-12(21-11)14(18)16-8-10-9-19-15(17-10)13-4-3-7-20-13/h3-7,9H,2,8H2,1H3,(H,16,18). The van der Waals surface area contributed by atoms with Gasteiger partial charge in [-0.25, -0.2) is 4.98 Å². The molecule has 21 heavy (non-hydrogen) atoms. The highest BCUT2D eigenvalue weighted by Crippen LogP contribution is 2.23. The fraction of sp³-hybridized carbons (Fsp3) is 0.200. The highest BCUT2D eigenvalue weighted by atomic mass is 32.1. The lowest BCUT2D eigenvalue weighted by molar-refractivity contribution is 0.0954. The van der Waals surface area contributed by atoms with E-state index in [1.54, 1.807) is 17.6 Å². The molecule has 0 aromatic carbocycles. The summed E-state index contributed by atoms with van der Waals surface area (Å²) in [6.07, 6.45) is 2.53. The van der Waals surface area contributed by atoms with Crippen LogP contribution in [0.3, 0.4) is 0 Å². The van der Waals surface area contributed by atoms with E-state index in [9.17, 15) is 4.79 Å². The van der Waals surface area contributed by atoms with Gasteiger partial charge in [-0.05, 0) is 30.0 Å². The predicted molar refractivity (Wildman–Crippen MR) is 84.7 cm³/mol. The molecule has 3 aromatic heterocycles. The van der Waals surface area contributed by atoms with Gasteiger partial charge in [0.05, 0.1) is 22.0 Å². The maximum atomic E-state index is 12.0. The van der Waals surface area contributed by atoms with Crippen LogP contribution in [0.5, 0.6) is 0 Å². The van der Waals surface area contributed by atoms with Gasteiger partial charge >= 0.3 is 0 Å². The van der Waals surface area contributed by atoms with Crippen molar-refractivity contribution in [2.75, 3.05) is 0 Å². The van der Waals surface area contributed by atoms with Crippen LogP contribution < -0.4 is 5.32 Å². The summed E-state index contributed by atoms with van der Waals surface area (Å²) < 4.78 is 5.42. The smallest absolute Gasteiger partial charge is 0.261 e. The minimum absolute atomic E-state index is 0.0691. The van der Waals surface area contributed by atoms with Gasteiger partial charge in [-0.15, -0.1) is 22.7 Å². The Balaban J connectivity index is 1.61. The summed E-state index contributed by atoms with van der Waals surface area (Å²) in [5, 5.41) is 4.84. The van der Waals surface area contributed by atoms with Gasteiger partial charge in [0.2, 0.25) is 5.89 Å². The third kappa shape index (κ3) is 3.22. The number of carbonyl (C=O) groups excluding carboxylic acids is 1. The fourth-order valence-corrected chi connectivity index (χ4v) is 3.37. The van der Waals surface area contributed by atoms with Crippen molar-refractivity contribution in [3.8, 4) is 10.8 Å². The Morgan fingerprint density at radius 1 is 1.38 bits per heavy atom. The zero-order valence-electron chi connectivity index (χ0n) is 11.5. The van der Waals surface area contributed by atoms with Crippen LogP contribution in [0.2, 0.25) is 0 Å². The minimum Gasteiger partial charge on any atom is -0.443 e. The Bertz CT molecular complexity index is 729. The van der Waals surface area contributed by atoms with Crippen LogP contribution in [0.25, 0.3) is 10.8 Å². The molecule has 0 saturated carbocycles. The molecule has 4 nitrogen and oxygen atoms in total. The van der Waals surface area contributed by atoms with Crippen LogP contribution >= 0.6 is 22.7 Å². The molecule has 0 unspecified atom stereocenters. The van der Waals surface area contributed by atoms with E-state index in [1.807, 2.05) is 29.6 Å². The molecule has 3 aromatic rings. The molecule has 1 N–H and O–H groups in total. The monoisotopic (exact) mass is 318 g/mol. The zero-order chi connectivity index (χ0) is 14.7. The molecule has 0 spiro atoms. The van der Waals surface area contributed by atoms with Gasteiger partial charge in [-0.1, -0.05) is 13.0 Å². The quantitative estimate of drug-likeness (QED) is 0.775. The Morgan fingerprint density at radius 2 is 2.29 bits per heavy atom. The number of hydrogen-bond donors (Lipinski definition) is 1. The molecule has 3 heterocycles. The lowest BCUT2D eigenvalue weighted by Crippen LogP contribution is -2.21. The molecule has 6 heteroatoms. The molecule has 0 fully saturated rings. The molecule has 0 atom stereocenters. The second-order valence-electron chi connectivity index (χ2n) is 4.42. The van der Waals surface area contributed by atoms with Crippen molar-refractivity contribution in [2.24, 2.45) is 0 Å². The van der Waals surface area contributed by atoms with E-state index in [1.165, 1.54) is 16.2 Å². The van der Waals surface area contributed by atoms with Crippen LogP contribution in [0.1, 0.15) is 27.2 Å². The lowest BCUT2D eigenvalue weighted by atomic mass is 10.3. The number of oxazole rings is 1. The van der Waals surface area contributed by atoms with Crippen molar-refractivity contribution in [1.82, 2.24) is 10.3 Å². The average molecular weight is 318 g/mol. The van der Waals surface area contributed by atoms with Gasteiger partial charge < -0.3 is 9.73 Å². The molecule has 0 aliphatic heterocycles. The normalized spacial score (nSPS) is 10.7. The largest absolute Gasteiger partial charge is 0.443 e. The third-order valence-corrected chi connectivity index (χ3v) is 5.03. The summed E-state index contributed by atoms with van der Waals surface area (Å²) in [7, 11) is 0. The van der Waals surface area contributed by atoms with Crippen molar-refractivity contribution in [1.29, 1.82) is 0 Å². The molecular formula is C15H14N2O2S2. The maximum absolute atomic E-state index is 12.0. The first-order chi connectivity index (χ1) is 10.3. The maximum Gasteiger partial charge on any atom is 0.261 e. The molecule has 0 radical (unpaired) electrons. The van der Waals surface area contributed by atoms with Crippen LogP contribution in [0.15, 0.2) is 40.3 Å². The van der Waals surface area contributed by atoms with Crippen LogP contribution in [-0.2, 0) is 13.0 Å². The number of thiophene rings is 2. The first kappa shape index (κ1) is 14.0.